The van der Waals surface area contributed by atoms with E-state index in [9.17, 15) is 14.7 Å². The van der Waals surface area contributed by atoms with Crippen molar-refractivity contribution in [2.45, 2.75) is 46.1 Å². The van der Waals surface area contributed by atoms with Crippen molar-refractivity contribution in [3.8, 4) is 0 Å². The van der Waals surface area contributed by atoms with Crippen molar-refractivity contribution < 1.29 is 14.7 Å². The molecular formula is C11H19NO3. The van der Waals surface area contributed by atoms with Crippen LogP contribution in [-0.2, 0) is 9.59 Å². The zero-order valence-corrected chi connectivity index (χ0v) is 9.78. The quantitative estimate of drug-likeness (QED) is 0.543. The summed E-state index contributed by atoms with van der Waals surface area (Å²) in [4.78, 5) is 25.2. The number of nitrogens with zero attached hydrogens (tertiary/aromatic N) is 1. The lowest BCUT2D eigenvalue weighted by Crippen LogP contribution is -2.45. The van der Waals surface area contributed by atoms with E-state index in [1.807, 2.05) is 20.8 Å². The van der Waals surface area contributed by atoms with Crippen LogP contribution in [0.2, 0.25) is 0 Å². The van der Waals surface area contributed by atoms with Gasteiger partial charge in [-0.15, -0.1) is 0 Å². The zero-order valence-electron chi connectivity index (χ0n) is 9.78. The Morgan fingerprint density at radius 1 is 1.47 bits per heavy atom. The lowest BCUT2D eigenvalue weighted by atomic mass is 9.74. The molecule has 0 aliphatic carbocycles. The third-order valence-corrected chi connectivity index (χ3v) is 3.01. The highest BCUT2D eigenvalue weighted by molar-refractivity contribution is 5.80. The van der Waals surface area contributed by atoms with Crippen LogP contribution < -0.4 is 0 Å². The smallest absolute Gasteiger partial charge is 0.332 e. The van der Waals surface area contributed by atoms with E-state index in [2.05, 4.69) is 4.99 Å². The molecule has 0 radical (unpaired) electrons. The Morgan fingerprint density at radius 3 is 2.20 bits per heavy atom. The monoisotopic (exact) mass is 213 g/mol. The highest BCUT2D eigenvalue weighted by Gasteiger charge is 2.45. The van der Waals surface area contributed by atoms with Crippen LogP contribution in [0.1, 0.15) is 40.5 Å². The Hall–Kier alpha value is -1.15. The van der Waals surface area contributed by atoms with Gasteiger partial charge in [-0.05, 0) is 18.3 Å². The molecule has 0 aliphatic rings. The number of carbonyl (C=O) groups excluding carboxylic acids is 1. The molecule has 0 aromatic carbocycles. The van der Waals surface area contributed by atoms with Crippen molar-refractivity contribution in [1.82, 2.24) is 0 Å². The largest absolute Gasteiger partial charge is 0.479 e. The SMILES string of the molecule is CCC(C(C)C)C(CC)(N=C=O)C(=O)O. The van der Waals surface area contributed by atoms with E-state index in [4.69, 9.17) is 0 Å². The third-order valence-electron chi connectivity index (χ3n) is 3.01. The summed E-state index contributed by atoms with van der Waals surface area (Å²) in [6, 6.07) is 0. The Kier molecular flexibility index (Phi) is 5.23. The van der Waals surface area contributed by atoms with Gasteiger partial charge in [0.05, 0.1) is 0 Å². The van der Waals surface area contributed by atoms with Crippen LogP contribution in [0.15, 0.2) is 4.99 Å². The third kappa shape index (κ3) is 2.66. The van der Waals surface area contributed by atoms with Crippen LogP contribution in [0.4, 0.5) is 0 Å². The predicted molar refractivity (Wildman–Crippen MR) is 57.4 cm³/mol. The summed E-state index contributed by atoms with van der Waals surface area (Å²) in [6.07, 6.45) is 2.40. The molecule has 0 saturated carbocycles. The van der Waals surface area contributed by atoms with Crippen molar-refractivity contribution >= 4 is 12.0 Å². The van der Waals surface area contributed by atoms with Crippen molar-refractivity contribution in [3.63, 3.8) is 0 Å². The van der Waals surface area contributed by atoms with Gasteiger partial charge in [0.1, 0.15) is 0 Å². The first kappa shape index (κ1) is 13.8. The maximum Gasteiger partial charge on any atom is 0.332 e. The molecule has 0 saturated heterocycles. The van der Waals surface area contributed by atoms with Gasteiger partial charge in [0.25, 0.3) is 0 Å². The highest BCUT2D eigenvalue weighted by atomic mass is 16.4. The van der Waals surface area contributed by atoms with E-state index in [0.717, 1.165) is 0 Å². The standard InChI is InChI=1S/C11H19NO3/c1-5-9(8(3)4)11(6-2,10(14)15)12-7-13/h8-9H,5-6H2,1-4H3,(H,14,15). The first-order valence-electron chi connectivity index (χ1n) is 5.28. The van der Waals surface area contributed by atoms with E-state index in [-0.39, 0.29) is 11.8 Å². The molecular weight excluding hydrogens is 194 g/mol. The molecule has 0 fully saturated rings. The molecule has 0 aromatic rings. The van der Waals surface area contributed by atoms with Crippen LogP contribution in [0.25, 0.3) is 0 Å². The summed E-state index contributed by atoms with van der Waals surface area (Å²) in [7, 11) is 0. The maximum absolute atomic E-state index is 11.3. The number of carboxylic acid groups (broad SMARTS) is 1. The number of hydrogen-bond acceptors (Lipinski definition) is 3. The maximum atomic E-state index is 11.3. The van der Waals surface area contributed by atoms with E-state index < -0.39 is 11.5 Å². The number of hydrogen-bond donors (Lipinski definition) is 1. The zero-order chi connectivity index (χ0) is 12.1. The summed E-state index contributed by atoms with van der Waals surface area (Å²) >= 11 is 0. The summed E-state index contributed by atoms with van der Waals surface area (Å²) in [5, 5.41) is 9.23. The lowest BCUT2D eigenvalue weighted by molar-refractivity contribution is -0.146. The Bertz CT molecular complexity index is 265. The fourth-order valence-corrected chi connectivity index (χ4v) is 2.22. The van der Waals surface area contributed by atoms with E-state index in [0.29, 0.717) is 12.8 Å². The summed E-state index contributed by atoms with van der Waals surface area (Å²) in [5.41, 5.74) is -1.30. The molecule has 15 heavy (non-hydrogen) atoms. The van der Waals surface area contributed by atoms with Gasteiger partial charge in [0.2, 0.25) is 6.08 Å². The number of carboxylic acids is 1. The number of isocyanates is 1. The fourth-order valence-electron chi connectivity index (χ4n) is 2.22. The molecule has 0 rings (SSSR count). The van der Waals surface area contributed by atoms with Crippen molar-refractivity contribution in [2.75, 3.05) is 0 Å². The number of carbonyl (C=O) groups is 1. The Balaban J connectivity index is 5.39. The highest BCUT2D eigenvalue weighted by Crippen LogP contribution is 2.34. The molecule has 0 aromatic heterocycles. The first-order chi connectivity index (χ1) is 6.96. The van der Waals surface area contributed by atoms with Gasteiger partial charge in [-0.1, -0.05) is 34.1 Å². The van der Waals surface area contributed by atoms with Crippen molar-refractivity contribution in [2.24, 2.45) is 16.8 Å². The normalized spacial score (nSPS) is 16.6. The first-order valence-corrected chi connectivity index (χ1v) is 5.28. The number of aliphatic imine (C=N–C) groups is 1. The van der Waals surface area contributed by atoms with Gasteiger partial charge >= 0.3 is 5.97 Å². The fraction of sp³-hybridized carbons (Fsp3) is 0.818. The molecule has 2 unspecified atom stereocenters. The summed E-state index contributed by atoms with van der Waals surface area (Å²) < 4.78 is 0. The minimum absolute atomic E-state index is 0.138. The second-order valence-corrected chi connectivity index (χ2v) is 4.04. The minimum atomic E-state index is -1.30. The van der Waals surface area contributed by atoms with Crippen LogP contribution in [0.5, 0.6) is 0 Å². The molecule has 0 spiro atoms. The van der Waals surface area contributed by atoms with Crippen LogP contribution in [0, 0.1) is 11.8 Å². The average Bonchev–Trinajstić information content (AvgIpc) is 2.16. The van der Waals surface area contributed by atoms with Crippen LogP contribution in [0.3, 0.4) is 0 Å². The van der Waals surface area contributed by atoms with Gasteiger partial charge < -0.3 is 5.11 Å². The van der Waals surface area contributed by atoms with Gasteiger partial charge in [-0.3, -0.25) is 0 Å². The average molecular weight is 213 g/mol. The minimum Gasteiger partial charge on any atom is -0.479 e. The van der Waals surface area contributed by atoms with E-state index >= 15 is 0 Å². The molecule has 0 heterocycles. The molecule has 86 valence electrons. The summed E-state index contributed by atoms with van der Waals surface area (Å²) in [5.74, 6) is -1.00. The van der Waals surface area contributed by atoms with Crippen LogP contribution >= 0.6 is 0 Å². The van der Waals surface area contributed by atoms with Gasteiger partial charge in [0.15, 0.2) is 5.54 Å². The molecule has 0 amide bonds. The van der Waals surface area contributed by atoms with Crippen LogP contribution in [-0.4, -0.2) is 22.7 Å². The molecule has 0 aliphatic heterocycles. The Labute approximate surface area is 90.4 Å². The second kappa shape index (κ2) is 5.66. The van der Waals surface area contributed by atoms with Gasteiger partial charge in [0, 0.05) is 0 Å². The Morgan fingerprint density at radius 2 is 2.00 bits per heavy atom. The van der Waals surface area contributed by atoms with E-state index in [1.54, 1.807) is 6.92 Å². The topological polar surface area (TPSA) is 66.7 Å². The molecule has 4 heteroatoms. The molecule has 0 bridgehead atoms. The van der Waals surface area contributed by atoms with Gasteiger partial charge in [-0.2, -0.15) is 4.99 Å². The van der Waals surface area contributed by atoms with Crippen molar-refractivity contribution in [3.05, 3.63) is 0 Å². The molecule has 1 N–H and O–H groups in total. The second-order valence-electron chi connectivity index (χ2n) is 4.04. The number of aliphatic carboxylic acids is 1. The van der Waals surface area contributed by atoms with Crippen molar-refractivity contribution in [1.29, 1.82) is 0 Å². The number of rotatable bonds is 6. The molecule has 4 nitrogen and oxygen atoms in total. The molecule has 2 atom stereocenters. The van der Waals surface area contributed by atoms with E-state index in [1.165, 1.54) is 6.08 Å². The predicted octanol–water partition coefficient (Wildman–Crippen LogP) is 2.24. The lowest BCUT2D eigenvalue weighted by Gasteiger charge is -2.33. The van der Waals surface area contributed by atoms with Gasteiger partial charge in [-0.25, -0.2) is 9.59 Å². The summed E-state index contributed by atoms with van der Waals surface area (Å²) in [6.45, 7) is 7.54.